The molecule has 6 nitrogen and oxygen atoms in total. The van der Waals surface area contributed by atoms with Gasteiger partial charge in [-0.25, -0.2) is 4.52 Å². The molecule has 2 aromatic carbocycles. The highest BCUT2D eigenvalue weighted by molar-refractivity contribution is 7.15. The first-order chi connectivity index (χ1) is 14.7. The second kappa shape index (κ2) is 9.54. The van der Waals surface area contributed by atoms with Crippen LogP contribution in [0, 0.1) is 0 Å². The molecule has 7 heteroatoms. The van der Waals surface area contributed by atoms with Crippen LogP contribution in [0.4, 0.5) is 5.95 Å². The van der Waals surface area contributed by atoms with Crippen LogP contribution >= 0.6 is 11.3 Å². The van der Waals surface area contributed by atoms with Crippen molar-refractivity contribution < 1.29 is 9.53 Å². The van der Waals surface area contributed by atoms with Gasteiger partial charge in [-0.3, -0.25) is 10.1 Å². The Morgan fingerprint density at radius 2 is 1.87 bits per heavy atom. The molecule has 0 bridgehead atoms. The summed E-state index contributed by atoms with van der Waals surface area (Å²) in [5.41, 5.74) is 2.54. The number of nitrogens with one attached hydrogen (secondary N) is 1. The Balaban J connectivity index is 1.39. The van der Waals surface area contributed by atoms with E-state index in [0.717, 1.165) is 28.4 Å². The number of hydrogen-bond donors (Lipinski definition) is 1. The molecule has 0 radical (unpaired) electrons. The molecule has 30 heavy (non-hydrogen) atoms. The van der Waals surface area contributed by atoms with E-state index in [1.54, 1.807) is 16.6 Å². The lowest BCUT2D eigenvalue weighted by atomic mass is 10.2. The minimum atomic E-state index is -0.246. The number of rotatable bonds is 9. The molecule has 154 valence electrons. The third-order valence-electron chi connectivity index (χ3n) is 4.76. The van der Waals surface area contributed by atoms with E-state index in [1.807, 2.05) is 47.8 Å². The van der Waals surface area contributed by atoms with Crippen LogP contribution in [0.2, 0.25) is 0 Å². The van der Waals surface area contributed by atoms with Gasteiger partial charge in [-0.15, -0.1) is 16.4 Å². The van der Waals surface area contributed by atoms with Gasteiger partial charge in [0.15, 0.2) is 0 Å². The van der Waals surface area contributed by atoms with Gasteiger partial charge in [0.2, 0.25) is 4.96 Å². The SMILES string of the molecule is CCCCCCOc1ccc(C(=O)Nc2nc3scc(-c4ccccc4)n3n2)cc1. The summed E-state index contributed by atoms with van der Waals surface area (Å²) >= 11 is 1.49. The number of benzene rings is 2. The number of thiazole rings is 1. The van der Waals surface area contributed by atoms with E-state index < -0.39 is 0 Å². The van der Waals surface area contributed by atoms with E-state index in [1.165, 1.54) is 30.6 Å². The molecular formula is C23H24N4O2S. The van der Waals surface area contributed by atoms with E-state index >= 15 is 0 Å². The summed E-state index contributed by atoms with van der Waals surface area (Å²) in [5.74, 6) is 0.820. The lowest BCUT2D eigenvalue weighted by molar-refractivity contribution is 0.102. The summed E-state index contributed by atoms with van der Waals surface area (Å²) in [6.07, 6.45) is 4.66. The molecule has 0 saturated heterocycles. The third-order valence-corrected chi connectivity index (χ3v) is 5.58. The van der Waals surface area contributed by atoms with E-state index in [9.17, 15) is 4.79 Å². The number of hydrogen-bond acceptors (Lipinski definition) is 5. The van der Waals surface area contributed by atoms with Crippen molar-refractivity contribution in [2.24, 2.45) is 0 Å². The first-order valence-corrected chi connectivity index (χ1v) is 11.1. The van der Waals surface area contributed by atoms with Crippen molar-refractivity contribution in [1.29, 1.82) is 0 Å². The largest absolute Gasteiger partial charge is 0.494 e. The molecule has 0 aliphatic rings. The maximum absolute atomic E-state index is 12.6. The van der Waals surface area contributed by atoms with E-state index in [0.29, 0.717) is 18.1 Å². The van der Waals surface area contributed by atoms with Gasteiger partial charge in [0.25, 0.3) is 11.9 Å². The normalized spacial score (nSPS) is 11.0. The zero-order valence-electron chi connectivity index (χ0n) is 16.9. The highest BCUT2D eigenvalue weighted by atomic mass is 32.1. The van der Waals surface area contributed by atoms with Crippen LogP contribution in [0.3, 0.4) is 0 Å². The Labute approximate surface area is 179 Å². The van der Waals surface area contributed by atoms with Gasteiger partial charge in [-0.1, -0.05) is 56.5 Å². The van der Waals surface area contributed by atoms with E-state index in [2.05, 4.69) is 22.3 Å². The maximum atomic E-state index is 12.6. The van der Waals surface area contributed by atoms with E-state index in [4.69, 9.17) is 4.74 Å². The van der Waals surface area contributed by atoms with Gasteiger partial charge in [0.05, 0.1) is 12.3 Å². The number of amides is 1. The zero-order chi connectivity index (χ0) is 20.8. The van der Waals surface area contributed by atoms with Crippen LogP contribution in [0.1, 0.15) is 43.0 Å². The van der Waals surface area contributed by atoms with Crippen molar-refractivity contribution in [3.63, 3.8) is 0 Å². The van der Waals surface area contributed by atoms with Crippen LogP contribution in [0.15, 0.2) is 60.0 Å². The first kappa shape index (κ1) is 20.1. The summed E-state index contributed by atoms with van der Waals surface area (Å²) in [7, 11) is 0. The Kier molecular flexibility index (Phi) is 6.39. The molecule has 0 atom stereocenters. The lowest BCUT2D eigenvalue weighted by Gasteiger charge is -2.07. The van der Waals surface area contributed by atoms with Crippen LogP contribution in [0.5, 0.6) is 5.75 Å². The predicted octanol–water partition coefficient (Wildman–Crippen LogP) is 5.67. The number of carbonyl (C=O) groups is 1. The Morgan fingerprint density at radius 1 is 1.07 bits per heavy atom. The smallest absolute Gasteiger partial charge is 0.258 e. The molecule has 0 saturated carbocycles. The minimum absolute atomic E-state index is 0.246. The number of nitrogens with zero attached hydrogens (tertiary/aromatic N) is 3. The molecular weight excluding hydrogens is 396 g/mol. The van der Waals surface area contributed by atoms with Gasteiger partial charge < -0.3 is 4.74 Å². The Bertz CT molecular complexity index is 1100. The number of aromatic nitrogens is 3. The summed E-state index contributed by atoms with van der Waals surface area (Å²) in [6, 6.07) is 17.1. The quantitative estimate of drug-likeness (QED) is 0.354. The standard InChI is InChI=1S/C23H24N4O2S/c1-2-3-4-8-15-29-19-13-11-18(12-14-19)21(28)24-22-25-23-27(26-22)20(16-30-23)17-9-6-5-7-10-17/h5-7,9-14,16H,2-4,8,15H2,1H3,(H,24,26,28). The fourth-order valence-corrected chi connectivity index (χ4v) is 3.97. The summed E-state index contributed by atoms with van der Waals surface area (Å²) in [6.45, 7) is 2.89. The number of anilines is 1. The average molecular weight is 421 g/mol. The maximum Gasteiger partial charge on any atom is 0.258 e. The summed E-state index contributed by atoms with van der Waals surface area (Å²) in [5, 5.41) is 9.25. The molecule has 0 aliphatic heterocycles. The van der Waals surface area contributed by atoms with Gasteiger partial charge in [-0.05, 0) is 30.7 Å². The van der Waals surface area contributed by atoms with Crippen molar-refractivity contribution in [2.45, 2.75) is 32.6 Å². The van der Waals surface area contributed by atoms with Crippen LogP contribution < -0.4 is 10.1 Å². The second-order valence-electron chi connectivity index (χ2n) is 7.00. The third kappa shape index (κ3) is 4.68. The number of unbranched alkanes of at least 4 members (excludes halogenated alkanes) is 3. The van der Waals surface area contributed by atoms with Gasteiger partial charge >= 0.3 is 0 Å². The Hall–Kier alpha value is -3.19. The minimum Gasteiger partial charge on any atom is -0.494 e. The fourth-order valence-electron chi connectivity index (χ4n) is 3.14. The molecule has 2 aromatic heterocycles. The topological polar surface area (TPSA) is 68.5 Å². The molecule has 2 heterocycles. The lowest BCUT2D eigenvalue weighted by Crippen LogP contribution is -2.13. The predicted molar refractivity (Wildman–Crippen MR) is 120 cm³/mol. The van der Waals surface area contributed by atoms with Crippen molar-refractivity contribution >= 4 is 28.2 Å². The molecule has 0 fully saturated rings. The Morgan fingerprint density at radius 3 is 2.63 bits per heavy atom. The molecule has 4 aromatic rings. The van der Waals surface area contributed by atoms with Crippen molar-refractivity contribution in [3.05, 3.63) is 65.5 Å². The van der Waals surface area contributed by atoms with Crippen molar-refractivity contribution in [2.75, 3.05) is 11.9 Å². The number of ether oxygens (including phenoxy) is 1. The molecule has 1 amide bonds. The summed E-state index contributed by atoms with van der Waals surface area (Å²) in [4.78, 5) is 17.7. The highest BCUT2D eigenvalue weighted by Crippen LogP contribution is 2.25. The van der Waals surface area contributed by atoms with Crippen molar-refractivity contribution in [1.82, 2.24) is 14.6 Å². The highest BCUT2D eigenvalue weighted by Gasteiger charge is 2.14. The van der Waals surface area contributed by atoms with Gasteiger partial charge in [0.1, 0.15) is 5.75 Å². The van der Waals surface area contributed by atoms with Gasteiger partial charge in [0, 0.05) is 16.5 Å². The second-order valence-corrected chi connectivity index (χ2v) is 7.84. The molecule has 0 spiro atoms. The summed E-state index contributed by atoms with van der Waals surface area (Å²) < 4.78 is 7.49. The monoisotopic (exact) mass is 420 g/mol. The molecule has 0 aliphatic carbocycles. The van der Waals surface area contributed by atoms with Crippen LogP contribution in [-0.4, -0.2) is 27.1 Å². The van der Waals surface area contributed by atoms with Crippen molar-refractivity contribution in [3.8, 4) is 17.0 Å². The average Bonchev–Trinajstić information content (AvgIpc) is 3.35. The van der Waals surface area contributed by atoms with Gasteiger partial charge in [-0.2, -0.15) is 4.98 Å². The van der Waals surface area contributed by atoms with E-state index in [-0.39, 0.29) is 5.91 Å². The number of carbonyl (C=O) groups excluding carboxylic acids is 1. The number of fused-ring (bicyclic) bond motifs is 1. The first-order valence-electron chi connectivity index (χ1n) is 10.2. The van der Waals surface area contributed by atoms with Crippen LogP contribution in [-0.2, 0) is 0 Å². The molecule has 0 unspecified atom stereocenters. The molecule has 1 N–H and O–H groups in total. The fraction of sp³-hybridized carbons (Fsp3) is 0.261. The van der Waals surface area contributed by atoms with Crippen LogP contribution in [0.25, 0.3) is 16.2 Å². The molecule has 4 rings (SSSR count). The zero-order valence-corrected chi connectivity index (χ0v) is 17.7.